The fourth-order valence-corrected chi connectivity index (χ4v) is 1.63. The fourth-order valence-electron chi connectivity index (χ4n) is 1.63. The monoisotopic (exact) mass is 268 g/mol. The van der Waals surface area contributed by atoms with Crippen molar-refractivity contribution in [2.24, 2.45) is 11.8 Å². The lowest BCUT2D eigenvalue weighted by Gasteiger charge is -2.20. The summed E-state index contributed by atoms with van der Waals surface area (Å²) in [5.74, 6) is 1.02. The van der Waals surface area contributed by atoms with E-state index in [4.69, 9.17) is 5.41 Å². The van der Waals surface area contributed by atoms with Crippen LogP contribution in [0.5, 0.6) is 0 Å². The van der Waals surface area contributed by atoms with Gasteiger partial charge in [-0.2, -0.15) is 4.90 Å². The van der Waals surface area contributed by atoms with Crippen LogP contribution in [0.25, 0.3) is 0 Å². The van der Waals surface area contributed by atoms with E-state index in [0.29, 0.717) is 29.8 Å². The second kappa shape index (κ2) is 5.90. The van der Waals surface area contributed by atoms with E-state index in [9.17, 15) is 9.59 Å². The minimum atomic E-state index is -0.605. The number of rotatable bonds is 4. The smallest absolute Gasteiger partial charge is 0.333 e. The maximum atomic E-state index is 11.9. The number of carbonyl (C=O) groups is 2. The van der Waals surface area contributed by atoms with Crippen LogP contribution in [0.2, 0.25) is 0 Å². The minimum Gasteiger partial charge on any atom is -0.468 e. The second-order valence-corrected chi connectivity index (χ2v) is 5.10. The highest BCUT2D eigenvalue weighted by Crippen LogP contribution is 2.28. The van der Waals surface area contributed by atoms with E-state index in [2.05, 4.69) is 15.4 Å². The molecule has 4 amide bonds. The summed E-state index contributed by atoms with van der Waals surface area (Å²) in [6.45, 7) is 1.09. The Morgan fingerprint density at radius 1 is 1.11 bits per heavy atom. The zero-order valence-electron chi connectivity index (χ0n) is 11.1. The summed E-state index contributed by atoms with van der Waals surface area (Å²) in [5.41, 5.74) is 0. The van der Waals surface area contributed by atoms with Crippen molar-refractivity contribution in [2.45, 2.75) is 25.7 Å². The van der Waals surface area contributed by atoms with Crippen LogP contribution in [0.3, 0.4) is 0 Å². The molecule has 7 nitrogen and oxygen atoms in total. The molecule has 0 radical (unpaired) electrons. The number of hydrogen-bond donors (Lipinski definition) is 3. The van der Waals surface area contributed by atoms with Gasteiger partial charge in [-0.1, -0.05) is 0 Å². The van der Waals surface area contributed by atoms with Gasteiger partial charge >= 0.3 is 18.1 Å². The van der Waals surface area contributed by atoms with Crippen molar-refractivity contribution < 1.29 is 14.3 Å². The number of nitrogens with zero attached hydrogens (tertiary/aromatic N) is 1. The van der Waals surface area contributed by atoms with Gasteiger partial charge in [-0.15, -0.1) is 0 Å². The Bertz CT molecular complexity index is 349. The third-order valence-electron chi connectivity index (χ3n) is 3.28. The van der Waals surface area contributed by atoms with Gasteiger partial charge in [0.15, 0.2) is 0 Å². The molecule has 2 fully saturated rings. The number of ether oxygens (including phenoxy) is 1. The highest BCUT2D eigenvalue weighted by Gasteiger charge is 2.30. The summed E-state index contributed by atoms with van der Waals surface area (Å²) in [6.07, 6.45) is 4.43. The number of imide groups is 1. The molecule has 2 aliphatic carbocycles. The van der Waals surface area contributed by atoms with Crippen LogP contribution in [0.4, 0.5) is 9.59 Å². The highest BCUT2D eigenvalue weighted by atomic mass is 16.5. The van der Waals surface area contributed by atoms with E-state index in [0.717, 1.165) is 25.7 Å². The molecular formula is C12H20N4O3. The summed E-state index contributed by atoms with van der Waals surface area (Å²) < 4.78 is 4.69. The molecule has 2 saturated carbocycles. The van der Waals surface area contributed by atoms with Crippen LogP contribution < -0.4 is 10.6 Å². The lowest BCUT2D eigenvalue weighted by atomic mass is 10.4. The van der Waals surface area contributed by atoms with Gasteiger partial charge in [0.2, 0.25) is 0 Å². The molecule has 0 unspecified atom stereocenters. The Kier molecular flexibility index (Phi) is 4.24. The summed E-state index contributed by atoms with van der Waals surface area (Å²) >= 11 is 0. The number of amidine groups is 1. The predicted octanol–water partition coefficient (Wildman–Crippen LogP) is 1.11. The largest absolute Gasteiger partial charge is 0.468 e. The quantitative estimate of drug-likeness (QED) is 0.526. The number of urea groups is 2. The van der Waals surface area contributed by atoms with Crippen LogP contribution in [0.15, 0.2) is 0 Å². The van der Waals surface area contributed by atoms with E-state index < -0.39 is 18.1 Å². The Hall–Kier alpha value is -1.79. The summed E-state index contributed by atoms with van der Waals surface area (Å²) in [4.78, 5) is 24.5. The van der Waals surface area contributed by atoms with E-state index >= 15 is 0 Å². The molecule has 0 heterocycles. The maximum absolute atomic E-state index is 11.9. The van der Waals surface area contributed by atoms with Crippen molar-refractivity contribution in [1.82, 2.24) is 15.5 Å². The number of amides is 4. The first-order valence-electron chi connectivity index (χ1n) is 6.60. The maximum Gasteiger partial charge on any atom is 0.333 e. The SMILES string of the molecule is COC(=N)N(C(=O)NCC1CC1)C(=O)NCC1CC1. The molecule has 19 heavy (non-hydrogen) atoms. The van der Waals surface area contributed by atoms with E-state index in [1.165, 1.54) is 7.11 Å². The lowest BCUT2D eigenvalue weighted by Crippen LogP contribution is -2.52. The molecule has 0 aliphatic heterocycles. The fraction of sp³-hybridized carbons (Fsp3) is 0.750. The second-order valence-electron chi connectivity index (χ2n) is 5.10. The number of carbonyl (C=O) groups excluding carboxylic acids is 2. The molecular weight excluding hydrogens is 248 g/mol. The molecule has 0 aromatic heterocycles. The Labute approximate surface area is 112 Å². The first-order chi connectivity index (χ1) is 9.11. The topological polar surface area (TPSA) is 94.5 Å². The third-order valence-corrected chi connectivity index (χ3v) is 3.28. The Balaban J connectivity index is 1.85. The first kappa shape index (κ1) is 13.6. The van der Waals surface area contributed by atoms with Gasteiger partial charge < -0.3 is 15.4 Å². The van der Waals surface area contributed by atoms with Crippen LogP contribution in [0.1, 0.15) is 25.7 Å². The van der Waals surface area contributed by atoms with Gasteiger partial charge in [0, 0.05) is 13.1 Å². The van der Waals surface area contributed by atoms with Crippen molar-refractivity contribution in [3.8, 4) is 0 Å². The van der Waals surface area contributed by atoms with Gasteiger partial charge in [0.25, 0.3) is 0 Å². The summed E-state index contributed by atoms with van der Waals surface area (Å²) in [5, 5.41) is 12.8. The average molecular weight is 268 g/mol. The predicted molar refractivity (Wildman–Crippen MR) is 68.8 cm³/mol. The minimum absolute atomic E-state index is 0.471. The normalized spacial score (nSPS) is 17.5. The summed E-state index contributed by atoms with van der Waals surface area (Å²) in [6, 6.07) is -1.68. The molecule has 0 saturated heterocycles. The third kappa shape index (κ3) is 4.11. The van der Waals surface area contributed by atoms with Crippen LogP contribution in [-0.2, 0) is 4.74 Å². The van der Waals surface area contributed by atoms with Crippen molar-refractivity contribution in [2.75, 3.05) is 20.2 Å². The zero-order chi connectivity index (χ0) is 13.8. The molecule has 2 aliphatic rings. The Morgan fingerprint density at radius 3 is 1.84 bits per heavy atom. The number of nitrogens with one attached hydrogen (secondary N) is 3. The van der Waals surface area contributed by atoms with Crippen molar-refractivity contribution in [3.05, 3.63) is 0 Å². The number of methoxy groups -OCH3 is 1. The van der Waals surface area contributed by atoms with Crippen molar-refractivity contribution in [3.63, 3.8) is 0 Å². The van der Waals surface area contributed by atoms with Crippen LogP contribution >= 0.6 is 0 Å². The Morgan fingerprint density at radius 2 is 1.53 bits per heavy atom. The average Bonchev–Trinajstić information content (AvgIpc) is 3.28. The molecule has 0 spiro atoms. The number of hydrogen-bond acceptors (Lipinski definition) is 4. The van der Waals surface area contributed by atoms with E-state index in [1.54, 1.807) is 0 Å². The molecule has 0 bridgehead atoms. The van der Waals surface area contributed by atoms with Gasteiger partial charge in [-0.3, -0.25) is 5.41 Å². The van der Waals surface area contributed by atoms with Gasteiger partial charge in [-0.25, -0.2) is 9.59 Å². The van der Waals surface area contributed by atoms with E-state index in [1.807, 2.05) is 0 Å². The van der Waals surface area contributed by atoms with Gasteiger partial charge in [0.1, 0.15) is 0 Å². The van der Waals surface area contributed by atoms with Crippen molar-refractivity contribution >= 4 is 18.1 Å². The lowest BCUT2D eigenvalue weighted by molar-refractivity contribution is 0.193. The molecule has 2 rings (SSSR count). The molecule has 0 atom stereocenters. The van der Waals surface area contributed by atoms with E-state index in [-0.39, 0.29) is 0 Å². The zero-order valence-corrected chi connectivity index (χ0v) is 11.1. The first-order valence-corrected chi connectivity index (χ1v) is 6.60. The molecule has 0 aromatic carbocycles. The van der Waals surface area contributed by atoms with Gasteiger partial charge in [0.05, 0.1) is 7.11 Å². The molecule has 106 valence electrons. The van der Waals surface area contributed by atoms with Crippen LogP contribution in [-0.4, -0.2) is 43.2 Å². The van der Waals surface area contributed by atoms with Crippen LogP contribution in [0, 0.1) is 17.2 Å². The standard InChI is InChI=1S/C12H20N4O3/c1-19-10(13)16(11(17)14-6-8-2-3-8)12(18)15-7-9-4-5-9/h8-9,13H,2-7H2,1H3,(H,14,17)(H,15,18). The highest BCUT2D eigenvalue weighted by molar-refractivity contribution is 6.08. The molecule has 7 heteroatoms. The molecule has 3 N–H and O–H groups in total. The van der Waals surface area contributed by atoms with Crippen molar-refractivity contribution in [1.29, 1.82) is 5.41 Å². The molecule has 0 aromatic rings. The van der Waals surface area contributed by atoms with Gasteiger partial charge in [-0.05, 0) is 37.5 Å². The summed E-state index contributed by atoms with van der Waals surface area (Å²) in [7, 11) is 1.26.